The third kappa shape index (κ3) is 5.28. The van der Waals surface area contributed by atoms with Crippen molar-refractivity contribution in [3.63, 3.8) is 0 Å². The molecule has 0 fully saturated rings. The molecular formula is C16H17N3O5S. The van der Waals surface area contributed by atoms with E-state index >= 15 is 0 Å². The molecule has 0 heterocycles. The summed E-state index contributed by atoms with van der Waals surface area (Å²) in [5.74, 6) is -0.314. The van der Waals surface area contributed by atoms with E-state index in [4.69, 9.17) is 0 Å². The zero-order valence-corrected chi connectivity index (χ0v) is 14.2. The van der Waals surface area contributed by atoms with Gasteiger partial charge in [-0.3, -0.25) is 14.9 Å². The molecule has 2 aromatic carbocycles. The number of nitrogens with one attached hydrogen (secondary N) is 2. The smallest absolute Gasteiger partial charge is 0.269 e. The van der Waals surface area contributed by atoms with E-state index in [0.29, 0.717) is 24.3 Å². The van der Waals surface area contributed by atoms with Crippen molar-refractivity contribution in [1.29, 1.82) is 0 Å². The number of nitro benzene ring substituents is 1. The third-order valence-electron chi connectivity index (χ3n) is 3.36. The highest BCUT2D eigenvalue weighted by atomic mass is 32.2. The maximum absolute atomic E-state index is 12.0. The van der Waals surface area contributed by atoms with Gasteiger partial charge < -0.3 is 10.6 Å². The van der Waals surface area contributed by atoms with Gasteiger partial charge in [0.1, 0.15) is 0 Å². The lowest BCUT2D eigenvalue weighted by atomic mass is 10.2. The Labute approximate surface area is 144 Å². The first-order chi connectivity index (χ1) is 11.8. The molecule has 9 heteroatoms. The first-order valence-corrected chi connectivity index (χ1v) is 9.23. The van der Waals surface area contributed by atoms with Gasteiger partial charge in [-0.1, -0.05) is 0 Å². The summed E-state index contributed by atoms with van der Waals surface area (Å²) in [5, 5.41) is 16.3. The summed E-state index contributed by atoms with van der Waals surface area (Å²) < 4.78 is 22.7. The van der Waals surface area contributed by atoms with Gasteiger partial charge in [0.25, 0.3) is 11.6 Å². The Balaban J connectivity index is 1.81. The van der Waals surface area contributed by atoms with Crippen LogP contribution in [0.4, 0.5) is 11.4 Å². The Bertz CT molecular complexity index is 862. The van der Waals surface area contributed by atoms with E-state index in [1.165, 1.54) is 36.4 Å². The van der Waals surface area contributed by atoms with E-state index in [9.17, 15) is 23.3 Å². The van der Waals surface area contributed by atoms with Crippen LogP contribution in [0.5, 0.6) is 0 Å². The highest BCUT2D eigenvalue weighted by Crippen LogP contribution is 2.15. The van der Waals surface area contributed by atoms with Crippen molar-refractivity contribution in [2.24, 2.45) is 0 Å². The first-order valence-electron chi connectivity index (χ1n) is 7.34. The van der Waals surface area contributed by atoms with Crippen LogP contribution in [-0.2, 0) is 9.84 Å². The molecule has 2 N–H and O–H groups in total. The number of hydrogen-bond acceptors (Lipinski definition) is 6. The van der Waals surface area contributed by atoms with Crippen LogP contribution in [0.25, 0.3) is 0 Å². The summed E-state index contributed by atoms with van der Waals surface area (Å²) in [7, 11) is -3.29. The number of nitro groups is 1. The zero-order chi connectivity index (χ0) is 18.4. The summed E-state index contributed by atoms with van der Waals surface area (Å²) in [5.41, 5.74) is 1.08. The second kappa shape index (κ2) is 7.75. The van der Waals surface area contributed by atoms with E-state index < -0.39 is 14.8 Å². The molecule has 0 radical (unpaired) electrons. The van der Waals surface area contributed by atoms with E-state index in [-0.39, 0.29) is 16.5 Å². The maximum atomic E-state index is 12.0. The molecule has 0 aromatic heterocycles. The van der Waals surface area contributed by atoms with E-state index in [1.807, 2.05) is 0 Å². The molecule has 2 aromatic rings. The molecule has 0 atom stereocenters. The molecule has 0 bridgehead atoms. The Hall–Kier alpha value is -2.94. The highest BCUT2D eigenvalue weighted by Gasteiger charge is 2.09. The first kappa shape index (κ1) is 18.4. The predicted octanol–water partition coefficient (Wildman–Crippen LogP) is 1.84. The van der Waals surface area contributed by atoms with Crippen molar-refractivity contribution in [2.45, 2.75) is 4.90 Å². The van der Waals surface area contributed by atoms with Gasteiger partial charge in [-0.25, -0.2) is 8.42 Å². The Kier molecular flexibility index (Phi) is 5.71. The largest absolute Gasteiger partial charge is 0.383 e. The SMILES string of the molecule is CS(=O)(=O)c1ccc(C(=O)NCCNc2ccc([N+](=O)[O-])cc2)cc1. The second-order valence-corrected chi connectivity index (χ2v) is 7.30. The molecule has 0 spiro atoms. The summed E-state index contributed by atoms with van der Waals surface area (Å²) >= 11 is 0. The number of carbonyl (C=O) groups excluding carboxylic acids is 1. The fourth-order valence-corrected chi connectivity index (χ4v) is 2.67. The van der Waals surface area contributed by atoms with Crippen molar-refractivity contribution in [2.75, 3.05) is 24.7 Å². The number of sulfone groups is 1. The summed E-state index contributed by atoms with van der Waals surface area (Å²) in [6.07, 6.45) is 1.10. The monoisotopic (exact) mass is 363 g/mol. The number of rotatable bonds is 7. The number of hydrogen-bond donors (Lipinski definition) is 2. The molecule has 0 saturated carbocycles. The Morgan fingerprint density at radius 1 is 1.04 bits per heavy atom. The van der Waals surface area contributed by atoms with Gasteiger partial charge in [0, 0.05) is 42.7 Å². The van der Waals surface area contributed by atoms with Gasteiger partial charge in [0.05, 0.1) is 9.82 Å². The van der Waals surface area contributed by atoms with Crippen LogP contribution < -0.4 is 10.6 Å². The lowest BCUT2D eigenvalue weighted by molar-refractivity contribution is -0.384. The fraction of sp³-hybridized carbons (Fsp3) is 0.188. The van der Waals surface area contributed by atoms with Crippen molar-refractivity contribution in [1.82, 2.24) is 5.32 Å². The molecule has 0 unspecified atom stereocenters. The molecule has 0 aliphatic rings. The molecule has 0 aliphatic carbocycles. The average Bonchev–Trinajstić information content (AvgIpc) is 2.58. The topological polar surface area (TPSA) is 118 Å². The van der Waals surface area contributed by atoms with Gasteiger partial charge in [0.2, 0.25) is 0 Å². The minimum atomic E-state index is -3.29. The van der Waals surface area contributed by atoms with E-state index in [2.05, 4.69) is 10.6 Å². The van der Waals surface area contributed by atoms with Crippen LogP contribution in [0.1, 0.15) is 10.4 Å². The van der Waals surface area contributed by atoms with Crippen molar-refractivity contribution >= 4 is 27.1 Å². The van der Waals surface area contributed by atoms with Crippen molar-refractivity contribution in [3.8, 4) is 0 Å². The van der Waals surface area contributed by atoms with Crippen molar-refractivity contribution in [3.05, 3.63) is 64.2 Å². The molecule has 25 heavy (non-hydrogen) atoms. The number of amides is 1. The normalized spacial score (nSPS) is 10.9. The van der Waals surface area contributed by atoms with Gasteiger partial charge >= 0.3 is 0 Å². The number of nitrogens with zero attached hydrogens (tertiary/aromatic N) is 1. The number of benzene rings is 2. The summed E-state index contributed by atoms with van der Waals surface area (Å²) in [4.78, 5) is 22.2. The van der Waals surface area contributed by atoms with Crippen LogP contribution in [-0.4, -0.2) is 38.6 Å². The van der Waals surface area contributed by atoms with Crippen LogP contribution in [0.3, 0.4) is 0 Å². The summed E-state index contributed by atoms with van der Waals surface area (Å²) in [6, 6.07) is 11.6. The quantitative estimate of drug-likeness (QED) is 0.440. The fourth-order valence-electron chi connectivity index (χ4n) is 2.04. The number of carbonyl (C=O) groups is 1. The number of anilines is 1. The molecule has 0 saturated heterocycles. The molecule has 2 rings (SSSR count). The van der Waals surface area contributed by atoms with Crippen LogP contribution in [0.2, 0.25) is 0 Å². The van der Waals surface area contributed by atoms with Crippen LogP contribution >= 0.6 is 0 Å². The lowest BCUT2D eigenvalue weighted by Gasteiger charge is -2.08. The standard InChI is InChI=1S/C16H17N3O5S/c1-25(23,24)15-8-2-12(3-9-15)16(20)18-11-10-17-13-4-6-14(7-5-13)19(21)22/h2-9,17H,10-11H2,1H3,(H,18,20). The molecule has 1 amide bonds. The maximum Gasteiger partial charge on any atom is 0.269 e. The minimum absolute atomic E-state index is 0.0105. The number of non-ortho nitro benzene ring substituents is 1. The highest BCUT2D eigenvalue weighted by molar-refractivity contribution is 7.90. The van der Waals surface area contributed by atoms with Gasteiger partial charge in [-0.2, -0.15) is 0 Å². The Morgan fingerprint density at radius 3 is 2.16 bits per heavy atom. The zero-order valence-electron chi connectivity index (χ0n) is 13.4. The Morgan fingerprint density at radius 2 is 1.64 bits per heavy atom. The molecular weight excluding hydrogens is 346 g/mol. The van der Waals surface area contributed by atoms with Crippen LogP contribution in [0, 0.1) is 10.1 Å². The lowest BCUT2D eigenvalue weighted by Crippen LogP contribution is -2.28. The summed E-state index contributed by atoms with van der Waals surface area (Å²) in [6.45, 7) is 0.772. The predicted molar refractivity (Wildman–Crippen MR) is 93.5 cm³/mol. The third-order valence-corrected chi connectivity index (χ3v) is 4.49. The molecule has 132 valence electrons. The van der Waals surface area contributed by atoms with Gasteiger partial charge in [0.15, 0.2) is 9.84 Å². The molecule has 0 aliphatic heterocycles. The van der Waals surface area contributed by atoms with Crippen LogP contribution in [0.15, 0.2) is 53.4 Å². The minimum Gasteiger partial charge on any atom is -0.383 e. The molecule has 8 nitrogen and oxygen atoms in total. The average molecular weight is 363 g/mol. The van der Waals surface area contributed by atoms with E-state index in [1.54, 1.807) is 12.1 Å². The van der Waals surface area contributed by atoms with E-state index in [0.717, 1.165) is 6.26 Å². The van der Waals surface area contributed by atoms with Gasteiger partial charge in [-0.15, -0.1) is 0 Å². The van der Waals surface area contributed by atoms with Crippen molar-refractivity contribution < 1.29 is 18.1 Å². The van der Waals surface area contributed by atoms with Gasteiger partial charge in [-0.05, 0) is 36.4 Å². The second-order valence-electron chi connectivity index (χ2n) is 5.28.